The summed E-state index contributed by atoms with van der Waals surface area (Å²) in [6.07, 6.45) is 3.29. The van der Waals surface area contributed by atoms with Crippen LogP contribution in [0, 0.1) is 0 Å². The van der Waals surface area contributed by atoms with Gasteiger partial charge in [0.25, 0.3) is 0 Å². The quantitative estimate of drug-likeness (QED) is 0.664. The summed E-state index contributed by atoms with van der Waals surface area (Å²) in [5, 5.41) is 21.2. The molecule has 0 fully saturated rings. The Labute approximate surface area is 145 Å². The summed E-state index contributed by atoms with van der Waals surface area (Å²) in [6, 6.07) is 8.80. The zero-order valence-electron chi connectivity index (χ0n) is 14.5. The molecule has 3 aromatic rings. The van der Waals surface area contributed by atoms with Gasteiger partial charge < -0.3 is 20.2 Å². The Balaban J connectivity index is 1.67. The third kappa shape index (κ3) is 3.66. The highest BCUT2D eigenvalue weighted by Crippen LogP contribution is 2.22. The first-order valence-corrected chi connectivity index (χ1v) is 8.15. The van der Waals surface area contributed by atoms with E-state index in [2.05, 4.69) is 29.6 Å². The number of nitrogens with one attached hydrogen (secondary N) is 2. The fourth-order valence-electron chi connectivity index (χ4n) is 2.63. The van der Waals surface area contributed by atoms with E-state index in [9.17, 15) is 9.90 Å². The Morgan fingerprint density at radius 1 is 1.40 bits per heavy atom. The van der Waals surface area contributed by atoms with Crippen LogP contribution in [0.4, 0.5) is 10.5 Å². The highest BCUT2D eigenvalue weighted by atomic mass is 16.4. The van der Waals surface area contributed by atoms with Gasteiger partial charge in [0, 0.05) is 17.1 Å². The summed E-state index contributed by atoms with van der Waals surface area (Å²) in [6.45, 7) is 5.71. The molecule has 7 nitrogen and oxygen atoms in total. The molecule has 25 heavy (non-hydrogen) atoms. The average molecular weight is 342 g/mol. The van der Waals surface area contributed by atoms with E-state index in [0.717, 1.165) is 10.9 Å². The summed E-state index contributed by atoms with van der Waals surface area (Å²) in [7, 11) is 0. The third-order valence-corrected chi connectivity index (χ3v) is 3.99. The SMILES string of the molecule is CC(C)n1ncc2ccc(NC(=O)NCC(C)(O)c3ccco3)cc21. The number of carbonyl (C=O) groups is 1. The molecule has 0 radical (unpaired) electrons. The molecule has 1 aromatic carbocycles. The van der Waals surface area contributed by atoms with E-state index in [1.807, 2.05) is 22.9 Å². The van der Waals surface area contributed by atoms with Gasteiger partial charge in [0.1, 0.15) is 11.4 Å². The number of amides is 2. The zero-order valence-corrected chi connectivity index (χ0v) is 14.5. The van der Waals surface area contributed by atoms with E-state index >= 15 is 0 Å². The summed E-state index contributed by atoms with van der Waals surface area (Å²) < 4.78 is 7.10. The minimum atomic E-state index is -1.28. The van der Waals surface area contributed by atoms with Crippen molar-refractivity contribution < 1.29 is 14.3 Å². The van der Waals surface area contributed by atoms with E-state index < -0.39 is 11.6 Å². The lowest BCUT2D eigenvalue weighted by atomic mass is 10.0. The maximum Gasteiger partial charge on any atom is 0.319 e. The van der Waals surface area contributed by atoms with Crippen molar-refractivity contribution >= 4 is 22.6 Å². The number of urea groups is 1. The monoisotopic (exact) mass is 342 g/mol. The number of nitrogens with zero attached hydrogens (tertiary/aromatic N) is 2. The summed E-state index contributed by atoms with van der Waals surface area (Å²) in [5.74, 6) is 0.398. The molecule has 2 heterocycles. The number of anilines is 1. The Bertz CT molecular complexity index is 866. The molecule has 0 bridgehead atoms. The number of hydrogen-bond donors (Lipinski definition) is 3. The zero-order chi connectivity index (χ0) is 18.0. The van der Waals surface area contributed by atoms with Gasteiger partial charge in [-0.05, 0) is 51.1 Å². The van der Waals surface area contributed by atoms with Crippen LogP contribution in [-0.2, 0) is 5.60 Å². The van der Waals surface area contributed by atoms with Crippen molar-refractivity contribution in [1.82, 2.24) is 15.1 Å². The number of carbonyl (C=O) groups excluding carboxylic acids is 1. The third-order valence-electron chi connectivity index (χ3n) is 3.99. The van der Waals surface area contributed by atoms with Crippen LogP contribution in [0.25, 0.3) is 10.9 Å². The van der Waals surface area contributed by atoms with E-state index in [1.54, 1.807) is 25.3 Å². The lowest BCUT2D eigenvalue weighted by Crippen LogP contribution is -2.40. The van der Waals surface area contributed by atoms with Gasteiger partial charge in [0.15, 0.2) is 0 Å². The number of aliphatic hydroxyl groups is 1. The predicted octanol–water partition coefficient (Wildman–Crippen LogP) is 3.24. The van der Waals surface area contributed by atoms with Crippen molar-refractivity contribution in [2.75, 3.05) is 11.9 Å². The summed E-state index contributed by atoms with van der Waals surface area (Å²) in [4.78, 5) is 12.1. The second-order valence-corrected chi connectivity index (χ2v) is 6.52. The Morgan fingerprint density at radius 3 is 2.88 bits per heavy atom. The number of hydrogen-bond acceptors (Lipinski definition) is 4. The van der Waals surface area contributed by atoms with Crippen LogP contribution < -0.4 is 10.6 Å². The van der Waals surface area contributed by atoms with Crippen molar-refractivity contribution in [3.63, 3.8) is 0 Å². The number of rotatable bonds is 5. The topological polar surface area (TPSA) is 92.3 Å². The molecule has 1 atom stereocenters. The van der Waals surface area contributed by atoms with Crippen LogP contribution in [-0.4, -0.2) is 27.5 Å². The molecule has 0 aliphatic heterocycles. The largest absolute Gasteiger partial charge is 0.466 e. The molecule has 0 saturated carbocycles. The standard InChI is InChI=1S/C18H22N4O3/c1-12(2)22-15-9-14(7-6-13(15)10-20-22)21-17(23)19-11-18(3,24)16-5-4-8-25-16/h4-10,12,24H,11H2,1-3H3,(H2,19,21,23). The van der Waals surface area contributed by atoms with Gasteiger partial charge >= 0.3 is 6.03 Å². The molecule has 2 amide bonds. The van der Waals surface area contributed by atoms with E-state index in [-0.39, 0.29) is 12.6 Å². The molecule has 3 N–H and O–H groups in total. The van der Waals surface area contributed by atoms with E-state index in [1.165, 1.54) is 6.26 Å². The lowest BCUT2D eigenvalue weighted by molar-refractivity contribution is 0.0372. The molecule has 2 aromatic heterocycles. The van der Waals surface area contributed by atoms with Gasteiger partial charge in [-0.25, -0.2) is 4.79 Å². The summed E-state index contributed by atoms with van der Waals surface area (Å²) in [5.41, 5.74) is 0.335. The van der Waals surface area contributed by atoms with E-state index in [4.69, 9.17) is 4.42 Å². The molecule has 3 rings (SSSR count). The molecule has 0 aliphatic carbocycles. The van der Waals surface area contributed by atoms with Crippen molar-refractivity contribution in [2.45, 2.75) is 32.4 Å². The van der Waals surface area contributed by atoms with Crippen molar-refractivity contribution in [3.05, 3.63) is 48.6 Å². The first kappa shape index (κ1) is 17.0. The Morgan fingerprint density at radius 2 is 2.20 bits per heavy atom. The van der Waals surface area contributed by atoms with Crippen LogP contribution in [0.1, 0.15) is 32.6 Å². The fraction of sp³-hybridized carbons (Fsp3) is 0.333. The Hall–Kier alpha value is -2.80. The maximum atomic E-state index is 12.1. The minimum absolute atomic E-state index is 0.0263. The van der Waals surface area contributed by atoms with Crippen LogP contribution in [0.15, 0.2) is 47.2 Å². The van der Waals surface area contributed by atoms with Crippen LogP contribution >= 0.6 is 0 Å². The van der Waals surface area contributed by atoms with E-state index in [0.29, 0.717) is 11.4 Å². The molecule has 0 saturated heterocycles. The molecular formula is C18H22N4O3. The smallest absolute Gasteiger partial charge is 0.319 e. The van der Waals surface area contributed by atoms with Crippen molar-refractivity contribution in [1.29, 1.82) is 0 Å². The molecule has 1 unspecified atom stereocenters. The van der Waals surface area contributed by atoms with Gasteiger partial charge in [-0.1, -0.05) is 0 Å². The van der Waals surface area contributed by atoms with Gasteiger partial charge in [0.05, 0.1) is 24.5 Å². The molecule has 0 spiro atoms. The van der Waals surface area contributed by atoms with Crippen molar-refractivity contribution in [3.8, 4) is 0 Å². The van der Waals surface area contributed by atoms with Crippen molar-refractivity contribution in [2.24, 2.45) is 0 Å². The number of fused-ring (bicyclic) bond motifs is 1. The second kappa shape index (κ2) is 6.60. The molecule has 0 aliphatic rings. The first-order chi connectivity index (χ1) is 11.9. The van der Waals surface area contributed by atoms with Crippen LogP contribution in [0.3, 0.4) is 0 Å². The maximum absolute atomic E-state index is 12.1. The van der Waals surface area contributed by atoms with Crippen LogP contribution in [0.2, 0.25) is 0 Å². The van der Waals surface area contributed by atoms with Crippen LogP contribution in [0.5, 0.6) is 0 Å². The lowest BCUT2D eigenvalue weighted by Gasteiger charge is -2.21. The van der Waals surface area contributed by atoms with Gasteiger partial charge in [-0.2, -0.15) is 5.10 Å². The first-order valence-electron chi connectivity index (χ1n) is 8.15. The normalized spacial score (nSPS) is 13.8. The van der Waals surface area contributed by atoms with Gasteiger partial charge in [-0.15, -0.1) is 0 Å². The van der Waals surface area contributed by atoms with Gasteiger partial charge in [-0.3, -0.25) is 4.68 Å². The molecular weight excluding hydrogens is 320 g/mol. The molecule has 132 valence electrons. The highest BCUT2D eigenvalue weighted by molar-refractivity contribution is 5.92. The fourth-order valence-corrected chi connectivity index (χ4v) is 2.63. The number of benzene rings is 1. The van der Waals surface area contributed by atoms with Gasteiger partial charge in [0.2, 0.25) is 0 Å². The summed E-state index contributed by atoms with van der Waals surface area (Å²) >= 11 is 0. The number of aromatic nitrogens is 2. The average Bonchev–Trinajstić information content (AvgIpc) is 3.22. The highest BCUT2D eigenvalue weighted by Gasteiger charge is 2.26. The number of furan rings is 1. The Kier molecular flexibility index (Phi) is 4.50. The minimum Gasteiger partial charge on any atom is -0.466 e. The molecule has 7 heteroatoms. The predicted molar refractivity (Wildman–Crippen MR) is 95.4 cm³/mol. The second-order valence-electron chi connectivity index (χ2n) is 6.52.